The van der Waals surface area contributed by atoms with Gasteiger partial charge in [-0.25, -0.2) is 9.97 Å². The fourth-order valence-electron chi connectivity index (χ4n) is 2.38. The first-order valence-corrected chi connectivity index (χ1v) is 6.75. The first-order valence-electron chi connectivity index (χ1n) is 6.75. The third-order valence-electron chi connectivity index (χ3n) is 3.52. The summed E-state index contributed by atoms with van der Waals surface area (Å²) in [6, 6.07) is 9.08. The lowest BCUT2D eigenvalue weighted by Crippen LogP contribution is -2.47. The maximum Gasteiger partial charge on any atom is 0.287 e. The van der Waals surface area contributed by atoms with Gasteiger partial charge in [-0.05, 0) is 18.2 Å². The first kappa shape index (κ1) is 13.3. The predicted octanol–water partition coefficient (Wildman–Crippen LogP) is 1.71. The van der Waals surface area contributed by atoms with Crippen molar-refractivity contribution in [3.8, 4) is 0 Å². The zero-order valence-corrected chi connectivity index (χ0v) is 11.4. The van der Waals surface area contributed by atoms with E-state index in [1.807, 2.05) is 18.2 Å². The minimum Gasteiger partial charge on any atom is -0.353 e. The zero-order valence-electron chi connectivity index (χ0n) is 11.4. The van der Waals surface area contributed by atoms with Crippen LogP contribution in [0.2, 0.25) is 0 Å². The van der Waals surface area contributed by atoms with Crippen molar-refractivity contribution in [1.82, 2.24) is 9.97 Å². The summed E-state index contributed by atoms with van der Waals surface area (Å²) in [6.07, 6.45) is 3.10. The molecule has 1 aliphatic rings. The Balaban J connectivity index is 1.64. The van der Waals surface area contributed by atoms with E-state index in [9.17, 15) is 10.1 Å². The van der Waals surface area contributed by atoms with Crippen LogP contribution in [0.25, 0.3) is 0 Å². The highest BCUT2D eigenvalue weighted by molar-refractivity contribution is 5.46. The summed E-state index contributed by atoms with van der Waals surface area (Å²) in [7, 11) is 0. The van der Waals surface area contributed by atoms with E-state index < -0.39 is 4.92 Å². The SMILES string of the molecule is O=[N+]([O-])c1ccc(N2CCN(c3ccccn3)CC2)nc1. The molecule has 0 saturated carbocycles. The Morgan fingerprint density at radius 3 is 2.10 bits per heavy atom. The van der Waals surface area contributed by atoms with Crippen LogP contribution in [0, 0.1) is 10.1 Å². The zero-order chi connectivity index (χ0) is 14.7. The second kappa shape index (κ2) is 5.74. The molecular weight excluding hydrogens is 270 g/mol. The molecule has 21 heavy (non-hydrogen) atoms. The van der Waals surface area contributed by atoms with Crippen molar-refractivity contribution in [3.05, 3.63) is 52.8 Å². The van der Waals surface area contributed by atoms with Crippen molar-refractivity contribution in [1.29, 1.82) is 0 Å². The molecule has 2 aromatic heterocycles. The number of piperazine rings is 1. The average Bonchev–Trinajstić information content (AvgIpc) is 2.56. The molecule has 0 atom stereocenters. The van der Waals surface area contributed by atoms with Crippen LogP contribution in [0.15, 0.2) is 42.7 Å². The minimum atomic E-state index is -0.435. The van der Waals surface area contributed by atoms with Crippen molar-refractivity contribution in [2.45, 2.75) is 0 Å². The van der Waals surface area contributed by atoms with Gasteiger partial charge < -0.3 is 9.80 Å². The predicted molar refractivity (Wildman–Crippen MR) is 79.6 cm³/mol. The molecule has 0 spiro atoms. The Kier molecular flexibility index (Phi) is 3.63. The molecule has 0 unspecified atom stereocenters. The molecule has 7 nitrogen and oxygen atoms in total. The number of aromatic nitrogens is 2. The van der Waals surface area contributed by atoms with Gasteiger partial charge in [-0.3, -0.25) is 10.1 Å². The van der Waals surface area contributed by atoms with Crippen molar-refractivity contribution in [3.63, 3.8) is 0 Å². The van der Waals surface area contributed by atoms with Gasteiger partial charge in [-0.2, -0.15) is 0 Å². The van der Waals surface area contributed by atoms with Crippen LogP contribution in [0.5, 0.6) is 0 Å². The number of hydrogen-bond donors (Lipinski definition) is 0. The summed E-state index contributed by atoms with van der Waals surface area (Å²) in [4.78, 5) is 23.1. The van der Waals surface area contributed by atoms with E-state index in [1.54, 1.807) is 12.3 Å². The second-order valence-corrected chi connectivity index (χ2v) is 4.79. The highest BCUT2D eigenvalue weighted by Crippen LogP contribution is 2.19. The maximum atomic E-state index is 10.6. The molecule has 0 aromatic carbocycles. The summed E-state index contributed by atoms with van der Waals surface area (Å²) in [6.45, 7) is 3.36. The van der Waals surface area contributed by atoms with Crippen LogP contribution < -0.4 is 9.80 Å². The molecule has 3 rings (SSSR count). The fourth-order valence-corrected chi connectivity index (χ4v) is 2.38. The van der Waals surface area contributed by atoms with Crippen molar-refractivity contribution < 1.29 is 4.92 Å². The first-order chi connectivity index (χ1) is 10.2. The van der Waals surface area contributed by atoms with Crippen molar-refractivity contribution in [2.75, 3.05) is 36.0 Å². The molecule has 7 heteroatoms. The monoisotopic (exact) mass is 285 g/mol. The van der Waals surface area contributed by atoms with Gasteiger partial charge in [-0.15, -0.1) is 0 Å². The summed E-state index contributed by atoms with van der Waals surface area (Å²) >= 11 is 0. The topological polar surface area (TPSA) is 75.4 Å². The Morgan fingerprint density at radius 1 is 0.952 bits per heavy atom. The highest BCUT2D eigenvalue weighted by Gasteiger charge is 2.19. The van der Waals surface area contributed by atoms with E-state index >= 15 is 0 Å². The van der Waals surface area contributed by atoms with Crippen molar-refractivity contribution in [2.24, 2.45) is 0 Å². The third-order valence-corrected chi connectivity index (χ3v) is 3.52. The normalized spacial score (nSPS) is 15.0. The molecule has 0 radical (unpaired) electrons. The summed E-state index contributed by atoms with van der Waals surface area (Å²) in [5.74, 6) is 1.76. The standard InChI is InChI=1S/C14H15N5O2/c20-19(21)12-4-5-14(16-11-12)18-9-7-17(8-10-18)13-3-1-2-6-15-13/h1-6,11H,7-10H2. The number of pyridine rings is 2. The van der Waals surface area contributed by atoms with E-state index in [-0.39, 0.29) is 5.69 Å². The maximum absolute atomic E-state index is 10.6. The highest BCUT2D eigenvalue weighted by atomic mass is 16.6. The lowest BCUT2D eigenvalue weighted by Gasteiger charge is -2.35. The largest absolute Gasteiger partial charge is 0.353 e. The molecule has 1 fully saturated rings. The minimum absolute atomic E-state index is 0.0193. The van der Waals surface area contributed by atoms with Crippen LogP contribution in [0.1, 0.15) is 0 Å². The van der Waals surface area contributed by atoms with E-state index in [0.29, 0.717) is 0 Å². The average molecular weight is 285 g/mol. The van der Waals surface area contributed by atoms with E-state index in [2.05, 4.69) is 19.8 Å². The second-order valence-electron chi connectivity index (χ2n) is 4.79. The van der Waals surface area contributed by atoms with Crippen LogP contribution in [-0.2, 0) is 0 Å². The number of anilines is 2. The summed E-state index contributed by atoms with van der Waals surface area (Å²) in [5, 5.41) is 10.6. The Morgan fingerprint density at radius 2 is 1.62 bits per heavy atom. The molecule has 0 amide bonds. The van der Waals surface area contributed by atoms with Crippen LogP contribution >= 0.6 is 0 Å². The third kappa shape index (κ3) is 2.91. The van der Waals surface area contributed by atoms with Gasteiger partial charge in [0.1, 0.15) is 17.8 Å². The molecule has 1 aliphatic heterocycles. The van der Waals surface area contributed by atoms with Crippen molar-refractivity contribution >= 4 is 17.3 Å². The number of rotatable bonds is 3. The number of nitrogens with zero attached hydrogens (tertiary/aromatic N) is 5. The molecule has 0 aliphatic carbocycles. The summed E-state index contributed by atoms with van der Waals surface area (Å²) < 4.78 is 0. The molecule has 2 aromatic rings. The van der Waals surface area contributed by atoms with Gasteiger partial charge >= 0.3 is 0 Å². The summed E-state index contributed by atoms with van der Waals surface area (Å²) in [5.41, 5.74) is 0.0193. The Hall–Kier alpha value is -2.70. The molecule has 1 saturated heterocycles. The Bertz CT molecular complexity index is 609. The molecule has 0 bridgehead atoms. The van der Waals surface area contributed by atoms with Gasteiger partial charge in [-0.1, -0.05) is 6.07 Å². The lowest BCUT2D eigenvalue weighted by molar-refractivity contribution is -0.385. The lowest BCUT2D eigenvalue weighted by atomic mass is 10.3. The van der Waals surface area contributed by atoms with Crippen LogP contribution in [0.3, 0.4) is 0 Å². The van der Waals surface area contributed by atoms with Gasteiger partial charge in [0.05, 0.1) is 4.92 Å². The Labute approximate surface area is 122 Å². The molecule has 0 N–H and O–H groups in total. The quantitative estimate of drug-likeness (QED) is 0.631. The van der Waals surface area contributed by atoms with Gasteiger partial charge in [0.2, 0.25) is 0 Å². The molecular formula is C14H15N5O2. The van der Waals surface area contributed by atoms with Gasteiger partial charge in [0.15, 0.2) is 0 Å². The smallest absolute Gasteiger partial charge is 0.287 e. The van der Waals surface area contributed by atoms with Gasteiger partial charge in [0, 0.05) is 38.4 Å². The molecule has 108 valence electrons. The van der Waals surface area contributed by atoms with Crippen LogP contribution in [-0.4, -0.2) is 41.1 Å². The number of nitro groups is 1. The van der Waals surface area contributed by atoms with E-state index in [4.69, 9.17) is 0 Å². The molecule has 3 heterocycles. The van der Waals surface area contributed by atoms with Crippen LogP contribution in [0.4, 0.5) is 17.3 Å². The van der Waals surface area contributed by atoms with E-state index in [1.165, 1.54) is 12.3 Å². The number of hydrogen-bond acceptors (Lipinski definition) is 6. The van der Waals surface area contributed by atoms with Gasteiger partial charge in [0.25, 0.3) is 5.69 Å². The fraction of sp³-hybridized carbons (Fsp3) is 0.286. The van der Waals surface area contributed by atoms with E-state index in [0.717, 1.165) is 37.8 Å².